The van der Waals surface area contributed by atoms with Gasteiger partial charge in [-0.15, -0.1) is 11.3 Å². The first-order chi connectivity index (χ1) is 17.2. The fourth-order valence-corrected chi connectivity index (χ4v) is 5.36. The molecule has 1 fully saturated rings. The Balaban J connectivity index is 1.22. The highest BCUT2D eigenvalue weighted by molar-refractivity contribution is 7.17. The van der Waals surface area contributed by atoms with Gasteiger partial charge >= 0.3 is 0 Å². The van der Waals surface area contributed by atoms with Crippen LogP contribution in [-0.2, 0) is 11.2 Å². The molecule has 0 saturated carbocycles. The topological polar surface area (TPSA) is 75.4 Å². The third-order valence-corrected chi connectivity index (χ3v) is 7.29. The number of rotatable bonds is 7. The quantitative estimate of drug-likeness (QED) is 0.379. The Hall–Kier alpha value is -3.71. The molecule has 1 N–H and O–H groups in total. The normalized spacial score (nSPS) is 14.1. The van der Waals surface area contributed by atoms with Crippen molar-refractivity contribution in [2.45, 2.75) is 31.7 Å². The van der Waals surface area contributed by atoms with Crippen LogP contribution in [0.3, 0.4) is 0 Å². The standard InChI is InChI=1S/C28H27N3O3S/c32-24(14-13-20-8-3-1-4-9-20)29-22-15-17-31(18-16-22)28(33)26-25(21-10-5-2-6-11-21)30-27(35-26)23-12-7-19-34-23/h1-12,19,22H,13-18H2,(H,29,32). The number of piperidine rings is 1. The highest BCUT2D eigenvalue weighted by Crippen LogP contribution is 2.35. The molecule has 0 aliphatic carbocycles. The van der Waals surface area contributed by atoms with Crippen LogP contribution in [0.2, 0.25) is 0 Å². The predicted octanol–water partition coefficient (Wildman–Crippen LogP) is 5.42. The highest BCUT2D eigenvalue weighted by Gasteiger charge is 2.29. The Morgan fingerprint density at radius 3 is 2.37 bits per heavy atom. The lowest BCUT2D eigenvalue weighted by Crippen LogP contribution is -2.46. The third-order valence-electron chi connectivity index (χ3n) is 6.23. The van der Waals surface area contributed by atoms with E-state index in [4.69, 9.17) is 9.40 Å². The van der Waals surface area contributed by atoms with E-state index in [1.54, 1.807) is 6.26 Å². The maximum atomic E-state index is 13.5. The van der Waals surface area contributed by atoms with E-state index in [0.717, 1.165) is 30.4 Å². The number of aryl methyl sites for hydroxylation is 1. The Labute approximate surface area is 208 Å². The lowest BCUT2D eigenvalue weighted by molar-refractivity contribution is -0.122. The number of hydrogen-bond donors (Lipinski definition) is 1. The third kappa shape index (κ3) is 5.52. The summed E-state index contributed by atoms with van der Waals surface area (Å²) in [5, 5.41) is 3.84. The summed E-state index contributed by atoms with van der Waals surface area (Å²) in [5.41, 5.74) is 2.75. The average Bonchev–Trinajstić information content (AvgIpc) is 3.59. The van der Waals surface area contributed by atoms with Crippen molar-refractivity contribution in [1.29, 1.82) is 0 Å². The fourth-order valence-electron chi connectivity index (χ4n) is 4.34. The number of aromatic nitrogens is 1. The fraction of sp³-hybridized carbons (Fsp3) is 0.250. The number of nitrogens with zero attached hydrogens (tertiary/aromatic N) is 2. The summed E-state index contributed by atoms with van der Waals surface area (Å²) in [5.74, 6) is 0.701. The number of hydrogen-bond acceptors (Lipinski definition) is 5. The van der Waals surface area contributed by atoms with Gasteiger partial charge in [-0.2, -0.15) is 0 Å². The number of likely N-dealkylation sites (tertiary alicyclic amines) is 1. The number of nitrogens with one attached hydrogen (secondary N) is 1. The molecular weight excluding hydrogens is 458 g/mol. The second-order valence-corrected chi connectivity index (χ2v) is 9.66. The van der Waals surface area contributed by atoms with E-state index in [0.29, 0.717) is 40.8 Å². The van der Waals surface area contributed by atoms with Crippen molar-refractivity contribution >= 4 is 23.2 Å². The van der Waals surface area contributed by atoms with Gasteiger partial charge in [0.05, 0.1) is 12.0 Å². The SMILES string of the molecule is O=C(CCc1ccccc1)NC1CCN(C(=O)c2sc(-c3ccco3)nc2-c2ccccc2)CC1. The molecule has 1 aliphatic rings. The zero-order valence-corrected chi connectivity index (χ0v) is 20.2. The molecule has 4 aromatic rings. The lowest BCUT2D eigenvalue weighted by Gasteiger charge is -2.32. The highest BCUT2D eigenvalue weighted by atomic mass is 32.1. The molecule has 0 bridgehead atoms. The van der Waals surface area contributed by atoms with Gasteiger partial charge in [-0.25, -0.2) is 4.98 Å². The van der Waals surface area contributed by atoms with Gasteiger partial charge in [0.2, 0.25) is 5.91 Å². The van der Waals surface area contributed by atoms with Crippen molar-refractivity contribution in [3.63, 3.8) is 0 Å². The minimum Gasteiger partial charge on any atom is -0.462 e. The molecule has 1 saturated heterocycles. The van der Waals surface area contributed by atoms with Gasteiger partial charge < -0.3 is 14.6 Å². The van der Waals surface area contributed by atoms with Gasteiger partial charge in [-0.05, 0) is 37.0 Å². The van der Waals surface area contributed by atoms with Crippen molar-refractivity contribution in [1.82, 2.24) is 15.2 Å². The number of carbonyl (C=O) groups is 2. The molecule has 2 amide bonds. The molecular formula is C28H27N3O3S. The summed E-state index contributed by atoms with van der Waals surface area (Å²) in [6, 6.07) is 23.6. The van der Waals surface area contributed by atoms with E-state index in [1.807, 2.05) is 77.7 Å². The van der Waals surface area contributed by atoms with Gasteiger partial charge in [0.25, 0.3) is 5.91 Å². The summed E-state index contributed by atoms with van der Waals surface area (Å²) in [6.45, 7) is 1.20. The number of furan rings is 1. The second kappa shape index (κ2) is 10.7. The smallest absolute Gasteiger partial charge is 0.266 e. The first kappa shape index (κ1) is 23.1. The summed E-state index contributed by atoms with van der Waals surface area (Å²) in [6.07, 6.45) is 4.30. The molecule has 7 heteroatoms. The van der Waals surface area contributed by atoms with Crippen LogP contribution in [0.25, 0.3) is 22.0 Å². The van der Waals surface area contributed by atoms with E-state index in [2.05, 4.69) is 5.32 Å². The van der Waals surface area contributed by atoms with Crippen LogP contribution >= 0.6 is 11.3 Å². The number of carbonyl (C=O) groups excluding carboxylic acids is 2. The van der Waals surface area contributed by atoms with Crippen LogP contribution in [0.1, 0.15) is 34.5 Å². The van der Waals surface area contributed by atoms with Crippen LogP contribution in [0.5, 0.6) is 0 Å². The van der Waals surface area contributed by atoms with E-state index >= 15 is 0 Å². The molecule has 35 heavy (non-hydrogen) atoms. The van der Waals surface area contributed by atoms with Crippen molar-refractivity contribution in [2.24, 2.45) is 0 Å². The van der Waals surface area contributed by atoms with Crippen molar-refractivity contribution < 1.29 is 14.0 Å². The van der Waals surface area contributed by atoms with E-state index in [-0.39, 0.29) is 17.9 Å². The minimum absolute atomic E-state index is 0.0204. The Morgan fingerprint density at radius 2 is 1.69 bits per heavy atom. The molecule has 6 nitrogen and oxygen atoms in total. The van der Waals surface area contributed by atoms with Gasteiger partial charge in [0.1, 0.15) is 4.88 Å². The molecule has 2 aromatic carbocycles. The lowest BCUT2D eigenvalue weighted by atomic mass is 10.0. The molecule has 178 valence electrons. The first-order valence-corrected chi connectivity index (χ1v) is 12.7. The van der Waals surface area contributed by atoms with Crippen LogP contribution < -0.4 is 5.32 Å². The molecule has 0 atom stereocenters. The van der Waals surface area contributed by atoms with Crippen LogP contribution in [0.4, 0.5) is 0 Å². The maximum absolute atomic E-state index is 13.5. The molecule has 0 spiro atoms. The average molecular weight is 486 g/mol. The van der Waals surface area contributed by atoms with Crippen molar-refractivity contribution in [3.8, 4) is 22.0 Å². The summed E-state index contributed by atoms with van der Waals surface area (Å²) >= 11 is 1.36. The predicted molar refractivity (Wildman–Crippen MR) is 137 cm³/mol. The molecule has 5 rings (SSSR count). The summed E-state index contributed by atoms with van der Waals surface area (Å²) in [4.78, 5) is 33.2. The molecule has 0 unspecified atom stereocenters. The van der Waals surface area contributed by atoms with Gasteiger partial charge in [-0.3, -0.25) is 9.59 Å². The maximum Gasteiger partial charge on any atom is 0.266 e. The zero-order valence-electron chi connectivity index (χ0n) is 19.4. The molecule has 1 aliphatic heterocycles. The minimum atomic E-state index is -0.0204. The summed E-state index contributed by atoms with van der Waals surface area (Å²) < 4.78 is 5.53. The molecule has 0 radical (unpaired) electrons. The van der Waals surface area contributed by atoms with Crippen molar-refractivity contribution in [3.05, 3.63) is 89.5 Å². The van der Waals surface area contributed by atoms with E-state index in [1.165, 1.54) is 11.3 Å². The second-order valence-electron chi connectivity index (χ2n) is 8.66. The summed E-state index contributed by atoms with van der Waals surface area (Å²) in [7, 11) is 0. The molecule has 3 heterocycles. The van der Waals surface area contributed by atoms with E-state index in [9.17, 15) is 9.59 Å². The van der Waals surface area contributed by atoms with Gasteiger partial charge in [-0.1, -0.05) is 60.7 Å². The van der Waals surface area contributed by atoms with Crippen LogP contribution in [0.15, 0.2) is 83.5 Å². The first-order valence-electron chi connectivity index (χ1n) is 11.9. The Morgan fingerprint density at radius 1 is 0.971 bits per heavy atom. The Kier molecular flexibility index (Phi) is 7.04. The number of amides is 2. The van der Waals surface area contributed by atoms with Gasteiger partial charge in [0.15, 0.2) is 10.8 Å². The van der Waals surface area contributed by atoms with Gasteiger partial charge in [0, 0.05) is 31.1 Å². The number of thiazole rings is 1. The van der Waals surface area contributed by atoms with Crippen LogP contribution in [-0.4, -0.2) is 40.8 Å². The Bertz CT molecular complexity index is 1260. The van der Waals surface area contributed by atoms with Crippen molar-refractivity contribution in [2.75, 3.05) is 13.1 Å². The van der Waals surface area contributed by atoms with Crippen LogP contribution in [0, 0.1) is 0 Å². The number of benzene rings is 2. The molecule has 2 aromatic heterocycles. The van der Waals surface area contributed by atoms with E-state index < -0.39 is 0 Å². The monoisotopic (exact) mass is 485 g/mol. The zero-order chi connectivity index (χ0) is 24.0. The largest absolute Gasteiger partial charge is 0.462 e.